The molecule has 15 heavy (non-hydrogen) atoms. The molecular formula is C13H27NO. The maximum atomic E-state index is 6.08. The van der Waals surface area contributed by atoms with E-state index in [1.54, 1.807) is 0 Å². The van der Waals surface area contributed by atoms with Crippen molar-refractivity contribution in [1.82, 2.24) is 5.32 Å². The fraction of sp³-hybridized carbons (Fsp3) is 1.00. The van der Waals surface area contributed by atoms with Crippen molar-refractivity contribution < 1.29 is 4.74 Å². The molecule has 0 radical (unpaired) electrons. The molecule has 1 N–H and O–H groups in total. The van der Waals surface area contributed by atoms with E-state index in [1.165, 1.54) is 19.3 Å². The van der Waals surface area contributed by atoms with E-state index in [2.05, 4.69) is 39.9 Å². The van der Waals surface area contributed by atoms with E-state index in [0.29, 0.717) is 5.92 Å². The lowest BCUT2D eigenvalue weighted by atomic mass is 9.85. The topological polar surface area (TPSA) is 21.3 Å². The number of hydrogen-bond donors (Lipinski definition) is 1. The molecule has 0 saturated carbocycles. The van der Waals surface area contributed by atoms with Crippen LogP contribution in [0.1, 0.15) is 53.9 Å². The van der Waals surface area contributed by atoms with Gasteiger partial charge < -0.3 is 10.1 Å². The highest BCUT2D eigenvalue weighted by molar-refractivity contribution is 4.94. The fourth-order valence-corrected chi connectivity index (χ4v) is 2.70. The van der Waals surface area contributed by atoms with Crippen molar-refractivity contribution >= 4 is 0 Å². The van der Waals surface area contributed by atoms with Gasteiger partial charge in [0.05, 0.1) is 11.2 Å². The molecule has 2 heteroatoms. The summed E-state index contributed by atoms with van der Waals surface area (Å²) in [5.41, 5.74) is 0.121. The molecule has 1 aliphatic heterocycles. The zero-order valence-corrected chi connectivity index (χ0v) is 11.0. The minimum atomic E-state index is 0.0530. The van der Waals surface area contributed by atoms with E-state index in [1.807, 2.05) is 0 Å². The summed E-state index contributed by atoms with van der Waals surface area (Å²) < 4.78 is 6.08. The van der Waals surface area contributed by atoms with Gasteiger partial charge in [-0.25, -0.2) is 0 Å². The molecule has 0 aromatic rings. The second kappa shape index (κ2) is 4.84. The van der Waals surface area contributed by atoms with Gasteiger partial charge in [-0.2, -0.15) is 0 Å². The van der Waals surface area contributed by atoms with Crippen LogP contribution in [0.2, 0.25) is 0 Å². The second-order valence-electron chi connectivity index (χ2n) is 5.90. The molecule has 0 aliphatic carbocycles. The normalized spacial score (nSPS) is 28.2. The van der Waals surface area contributed by atoms with Crippen molar-refractivity contribution in [1.29, 1.82) is 0 Å². The highest BCUT2D eigenvalue weighted by atomic mass is 16.5. The molecule has 0 spiro atoms. The first-order valence-electron chi connectivity index (χ1n) is 6.28. The maximum absolute atomic E-state index is 6.08. The summed E-state index contributed by atoms with van der Waals surface area (Å²) in [6.07, 6.45) is 3.64. The van der Waals surface area contributed by atoms with Crippen molar-refractivity contribution in [3.05, 3.63) is 0 Å². The van der Waals surface area contributed by atoms with E-state index in [4.69, 9.17) is 4.74 Å². The largest absolute Gasteiger partial charge is 0.369 e. The first kappa shape index (κ1) is 13.0. The average molecular weight is 213 g/mol. The van der Waals surface area contributed by atoms with Crippen LogP contribution in [0.5, 0.6) is 0 Å². The van der Waals surface area contributed by atoms with Crippen molar-refractivity contribution in [3.8, 4) is 0 Å². The summed E-state index contributed by atoms with van der Waals surface area (Å²) in [6.45, 7) is 13.3. The fourth-order valence-electron chi connectivity index (χ4n) is 2.70. The average Bonchev–Trinajstić information content (AvgIpc) is 2.28. The van der Waals surface area contributed by atoms with Gasteiger partial charge in [0.1, 0.15) is 0 Å². The molecule has 1 rings (SSSR count). The van der Waals surface area contributed by atoms with E-state index < -0.39 is 0 Å². The quantitative estimate of drug-likeness (QED) is 0.709. The smallest absolute Gasteiger partial charge is 0.0663 e. The first-order chi connectivity index (χ1) is 6.87. The number of hydrogen-bond acceptors (Lipinski definition) is 2. The van der Waals surface area contributed by atoms with Gasteiger partial charge in [-0.3, -0.25) is 0 Å². The van der Waals surface area contributed by atoms with Crippen LogP contribution in [0, 0.1) is 5.92 Å². The molecule has 0 aromatic heterocycles. The summed E-state index contributed by atoms with van der Waals surface area (Å²) in [4.78, 5) is 0. The Bertz CT molecular complexity index is 199. The molecule has 2 nitrogen and oxygen atoms in total. The van der Waals surface area contributed by atoms with Crippen molar-refractivity contribution in [2.45, 2.75) is 65.1 Å². The summed E-state index contributed by atoms with van der Waals surface area (Å²) in [6, 6.07) is 0. The lowest BCUT2D eigenvalue weighted by molar-refractivity contribution is -0.0750. The van der Waals surface area contributed by atoms with Crippen molar-refractivity contribution in [2.24, 2.45) is 5.92 Å². The zero-order valence-electron chi connectivity index (χ0n) is 11.0. The Morgan fingerprint density at radius 1 is 1.20 bits per heavy atom. The predicted molar refractivity (Wildman–Crippen MR) is 65.1 cm³/mol. The molecule has 1 heterocycles. The van der Waals surface area contributed by atoms with Crippen LogP contribution in [0.25, 0.3) is 0 Å². The molecule has 1 aliphatic rings. The molecule has 0 amide bonds. The van der Waals surface area contributed by atoms with Gasteiger partial charge in [0.2, 0.25) is 0 Å². The highest BCUT2D eigenvalue weighted by Crippen LogP contribution is 2.43. The first-order valence-corrected chi connectivity index (χ1v) is 6.28. The van der Waals surface area contributed by atoms with Crippen LogP contribution in [0.3, 0.4) is 0 Å². The highest BCUT2D eigenvalue weighted by Gasteiger charge is 2.44. The Balaban J connectivity index is 2.35. The molecular weight excluding hydrogens is 186 g/mol. The van der Waals surface area contributed by atoms with Gasteiger partial charge in [0, 0.05) is 0 Å². The Labute approximate surface area is 94.8 Å². The van der Waals surface area contributed by atoms with Gasteiger partial charge in [-0.05, 0) is 66.0 Å². The second-order valence-corrected chi connectivity index (χ2v) is 5.90. The van der Waals surface area contributed by atoms with Crippen LogP contribution >= 0.6 is 0 Å². The Morgan fingerprint density at radius 2 is 1.87 bits per heavy atom. The number of nitrogens with one attached hydrogen (secondary N) is 1. The minimum Gasteiger partial charge on any atom is -0.369 e. The van der Waals surface area contributed by atoms with Gasteiger partial charge in [-0.15, -0.1) is 0 Å². The monoisotopic (exact) mass is 213 g/mol. The van der Waals surface area contributed by atoms with Gasteiger partial charge in [-0.1, -0.05) is 6.92 Å². The molecule has 0 aromatic carbocycles. The van der Waals surface area contributed by atoms with Crippen LogP contribution < -0.4 is 5.32 Å². The van der Waals surface area contributed by atoms with E-state index >= 15 is 0 Å². The standard InChI is InChI=1S/C13H27NO/c1-6-8-14-9-7-11-10-12(2,3)15-13(11,4)5/h11,14H,6-10H2,1-5H3. The Kier molecular flexibility index (Phi) is 4.19. The third-order valence-electron chi connectivity index (χ3n) is 3.36. The van der Waals surface area contributed by atoms with Gasteiger partial charge in [0.15, 0.2) is 0 Å². The number of rotatable bonds is 5. The predicted octanol–water partition coefficient (Wildman–Crippen LogP) is 2.97. The summed E-state index contributed by atoms with van der Waals surface area (Å²) >= 11 is 0. The summed E-state index contributed by atoms with van der Waals surface area (Å²) in [7, 11) is 0. The van der Waals surface area contributed by atoms with Gasteiger partial charge in [0.25, 0.3) is 0 Å². The van der Waals surface area contributed by atoms with E-state index in [9.17, 15) is 0 Å². The SMILES string of the molecule is CCCNCCC1CC(C)(C)OC1(C)C. The van der Waals surface area contributed by atoms with E-state index in [-0.39, 0.29) is 11.2 Å². The molecule has 0 bridgehead atoms. The summed E-state index contributed by atoms with van der Waals surface area (Å²) in [5, 5.41) is 3.47. The van der Waals surface area contributed by atoms with Crippen LogP contribution in [-0.2, 0) is 4.74 Å². The van der Waals surface area contributed by atoms with E-state index in [0.717, 1.165) is 13.1 Å². The lowest BCUT2D eigenvalue weighted by Gasteiger charge is -2.27. The molecule has 90 valence electrons. The van der Waals surface area contributed by atoms with Crippen LogP contribution in [0.15, 0.2) is 0 Å². The van der Waals surface area contributed by atoms with Crippen LogP contribution in [-0.4, -0.2) is 24.3 Å². The van der Waals surface area contributed by atoms with Crippen molar-refractivity contribution in [2.75, 3.05) is 13.1 Å². The maximum Gasteiger partial charge on any atom is 0.0663 e. The summed E-state index contributed by atoms with van der Waals surface area (Å²) in [5.74, 6) is 0.692. The minimum absolute atomic E-state index is 0.0530. The third kappa shape index (κ3) is 3.76. The van der Waals surface area contributed by atoms with Gasteiger partial charge >= 0.3 is 0 Å². The zero-order chi connectivity index (χ0) is 11.5. The molecule has 1 atom stereocenters. The van der Waals surface area contributed by atoms with Crippen molar-refractivity contribution in [3.63, 3.8) is 0 Å². The Hall–Kier alpha value is -0.0800. The van der Waals surface area contributed by atoms with Crippen LogP contribution in [0.4, 0.5) is 0 Å². The molecule has 1 unspecified atom stereocenters. The molecule has 1 saturated heterocycles. The Morgan fingerprint density at radius 3 is 2.33 bits per heavy atom. The lowest BCUT2D eigenvalue weighted by Crippen LogP contribution is -2.31. The molecule has 1 fully saturated rings. The number of ether oxygens (including phenoxy) is 1. The third-order valence-corrected chi connectivity index (χ3v) is 3.36.